The molecule has 0 saturated heterocycles. The number of carbonyl (C=O) groups is 1. The molecule has 1 aromatic carbocycles. The van der Waals surface area contributed by atoms with Crippen molar-refractivity contribution in [1.82, 2.24) is 0 Å². The quantitative estimate of drug-likeness (QED) is 0.823. The minimum atomic E-state index is -0.603. The van der Waals surface area contributed by atoms with Crippen molar-refractivity contribution in [3.63, 3.8) is 0 Å². The second kappa shape index (κ2) is 6.03. The zero-order valence-corrected chi connectivity index (χ0v) is 11.1. The van der Waals surface area contributed by atoms with E-state index in [9.17, 15) is 9.90 Å². The van der Waals surface area contributed by atoms with Crippen LogP contribution in [0.4, 0.5) is 0 Å². The highest BCUT2D eigenvalue weighted by molar-refractivity contribution is 5.70. The van der Waals surface area contributed by atoms with E-state index < -0.39 is 5.97 Å². The molecular formula is C16H22O2. The van der Waals surface area contributed by atoms with Gasteiger partial charge in [0.15, 0.2) is 0 Å². The van der Waals surface area contributed by atoms with Crippen molar-refractivity contribution in [1.29, 1.82) is 0 Å². The SMILES string of the molecule is Cc1ccc(CC2CCCCCC2C(=O)O)cc1. The second-order valence-corrected chi connectivity index (χ2v) is 5.53. The molecule has 98 valence electrons. The Labute approximate surface area is 109 Å². The third-order valence-corrected chi connectivity index (χ3v) is 4.09. The first-order valence-corrected chi connectivity index (χ1v) is 6.95. The Morgan fingerprint density at radius 2 is 1.83 bits per heavy atom. The Balaban J connectivity index is 2.08. The summed E-state index contributed by atoms with van der Waals surface area (Å²) in [7, 11) is 0. The van der Waals surface area contributed by atoms with Crippen molar-refractivity contribution in [3.8, 4) is 0 Å². The molecule has 1 saturated carbocycles. The molecule has 0 bridgehead atoms. The molecule has 2 atom stereocenters. The van der Waals surface area contributed by atoms with Gasteiger partial charge in [-0.1, -0.05) is 49.1 Å². The van der Waals surface area contributed by atoms with Gasteiger partial charge in [0.1, 0.15) is 0 Å². The van der Waals surface area contributed by atoms with Gasteiger partial charge in [-0.05, 0) is 37.7 Å². The summed E-state index contributed by atoms with van der Waals surface area (Å²) in [6, 6.07) is 8.50. The fourth-order valence-corrected chi connectivity index (χ4v) is 2.98. The molecule has 0 spiro atoms. The lowest BCUT2D eigenvalue weighted by atomic mass is 9.83. The van der Waals surface area contributed by atoms with Gasteiger partial charge in [0.2, 0.25) is 0 Å². The molecule has 2 unspecified atom stereocenters. The monoisotopic (exact) mass is 246 g/mol. The molecule has 0 aliphatic heterocycles. The number of carboxylic acids is 1. The highest BCUT2D eigenvalue weighted by Gasteiger charge is 2.29. The number of carboxylic acid groups (broad SMARTS) is 1. The molecule has 2 heteroatoms. The lowest BCUT2D eigenvalue weighted by Gasteiger charge is -2.21. The fourth-order valence-electron chi connectivity index (χ4n) is 2.98. The van der Waals surface area contributed by atoms with Gasteiger partial charge in [-0.25, -0.2) is 0 Å². The highest BCUT2D eigenvalue weighted by atomic mass is 16.4. The molecule has 0 radical (unpaired) electrons. The van der Waals surface area contributed by atoms with E-state index in [0.29, 0.717) is 5.92 Å². The molecule has 1 fully saturated rings. The smallest absolute Gasteiger partial charge is 0.306 e. The number of aryl methyl sites for hydroxylation is 1. The summed E-state index contributed by atoms with van der Waals surface area (Å²) in [5.41, 5.74) is 2.54. The van der Waals surface area contributed by atoms with Crippen LogP contribution in [0.5, 0.6) is 0 Å². The fraction of sp³-hybridized carbons (Fsp3) is 0.562. The highest BCUT2D eigenvalue weighted by Crippen LogP contribution is 2.31. The first-order chi connectivity index (χ1) is 8.66. The van der Waals surface area contributed by atoms with E-state index in [1.54, 1.807) is 0 Å². The number of hydrogen-bond donors (Lipinski definition) is 1. The van der Waals surface area contributed by atoms with Crippen LogP contribution in [-0.2, 0) is 11.2 Å². The van der Waals surface area contributed by atoms with Crippen molar-refractivity contribution in [2.75, 3.05) is 0 Å². The maximum absolute atomic E-state index is 11.4. The lowest BCUT2D eigenvalue weighted by Crippen LogP contribution is -2.24. The Hall–Kier alpha value is -1.31. The van der Waals surface area contributed by atoms with Crippen molar-refractivity contribution in [3.05, 3.63) is 35.4 Å². The first kappa shape index (κ1) is 13.1. The van der Waals surface area contributed by atoms with E-state index in [1.807, 2.05) is 0 Å². The van der Waals surface area contributed by atoms with Crippen LogP contribution in [0.15, 0.2) is 24.3 Å². The summed E-state index contributed by atoms with van der Waals surface area (Å²) in [5.74, 6) is -0.435. The summed E-state index contributed by atoms with van der Waals surface area (Å²) < 4.78 is 0. The van der Waals surface area contributed by atoms with Crippen LogP contribution >= 0.6 is 0 Å². The minimum absolute atomic E-state index is 0.145. The Morgan fingerprint density at radius 1 is 1.17 bits per heavy atom. The van der Waals surface area contributed by atoms with Gasteiger partial charge < -0.3 is 5.11 Å². The van der Waals surface area contributed by atoms with E-state index in [2.05, 4.69) is 31.2 Å². The number of hydrogen-bond acceptors (Lipinski definition) is 1. The number of aliphatic carboxylic acids is 1. The predicted molar refractivity (Wildman–Crippen MR) is 72.6 cm³/mol. The largest absolute Gasteiger partial charge is 0.481 e. The molecular weight excluding hydrogens is 224 g/mol. The molecule has 0 aromatic heterocycles. The van der Waals surface area contributed by atoms with Crippen LogP contribution in [0.1, 0.15) is 43.2 Å². The number of rotatable bonds is 3. The molecule has 2 nitrogen and oxygen atoms in total. The molecule has 1 aliphatic rings. The Morgan fingerprint density at radius 3 is 2.50 bits per heavy atom. The van der Waals surface area contributed by atoms with Gasteiger partial charge in [0.25, 0.3) is 0 Å². The average Bonchev–Trinajstić information content (AvgIpc) is 2.57. The van der Waals surface area contributed by atoms with Crippen molar-refractivity contribution in [2.45, 2.75) is 45.4 Å². The molecule has 1 aromatic rings. The zero-order valence-electron chi connectivity index (χ0n) is 11.1. The molecule has 0 heterocycles. The summed E-state index contributed by atoms with van der Waals surface area (Å²) in [6.45, 7) is 2.08. The van der Waals surface area contributed by atoms with E-state index in [4.69, 9.17) is 0 Å². The van der Waals surface area contributed by atoms with Crippen molar-refractivity contribution in [2.24, 2.45) is 11.8 Å². The molecule has 18 heavy (non-hydrogen) atoms. The van der Waals surface area contributed by atoms with Gasteiger partial charge in [-0.2, -0.15) is 0 Å². The predicted octanol–water partition coefficient (Wildman–Crippen LogP) is 3.82. The molecule has 1 aliphatic carbocycles. The van der Waals surface area contributed by atoms with Crippen molar-refractivity contribution >= 4 is 5.97 Å². The van der Waals surface area contributed by atoms with E-state index in [0.717, 1.165) is 25.7 Å². The molecule has 2 rings (SSSR count). The standard InChI is InChI=1S/C16H22O2/c1-12-7-9-13(10-8-12)11-14-5-3-2-4-6-15(14)16(17)18/h7-10,14-15H,2-6,11H2,1H3,(H,17,18). The van der Waals surface area contributed by atoms with E-state index in [-0.39, 0.29) is 5.92 Å². The van der Waals surface area contributed by atoms with E-state index in [1.165, 1.54) is 24.0 Å². The number of benzene rings is 1. The van der Waals surface area contributed by atoms with Gasteiger partial charge in [-0.15, -0.1) is 0 Å². The van der Waals surface area contributed by atoms with Crippen LogP contribution in [0.25, 0.3) is 0 Å². The zero-order chi connectivity index (χ0) is 13.0. The first-order valence-electron chi connectivity index (χ1n) is 6.95. The Bertz CT molecular complexity index is 394. The average molecular weight is 246 g/mol. The second-order valence-electron chi connectivity index (χ2n) is 5.53. The normalized spacial score (nSPS) is 24.5. The minimum Gasteiger partial charge on any atom is -0.481 e. The van der Waals surface area contributed by atoms with Gasteiger partial charge in [0.05, 0.1) is 5.92 Å². The van der Waals surface area contributed by atoms with Gasteiger partial charge in [-0.3, -0.25) is 4.79 Å². The van der Waals surface area contributed by atoms with Crippen LogP contribution < -0.4 is 0 Å². The summed E-state index contributed by atoms with van der Waals surface area (Å²) in [6.07, 6.45) is 6.27. The topological polar surface area (TPSA) is 37.3 Å². The maximum Gasteiger partial charge on any atom is 0.306 e. The van der Waals surface area contributed by atoms with Crippen molar-refractivity contribution < 1.29 is 9.90 Å². The third-order valence-electron chi connectivity index (χ3n) is 4.09. The van der Waals surface area contributed by atoms with Gasteiger partial charge >= 0.3 is 5.97 Å². The maximum atomic E-state index is 11.4. The molecule has 1 N–H and O–H groups in total. The van der Waals surface area contributed by atoms with Crippen LogP contribution in [0.3, 0.4) is 0 Å². The summed E-state index contributed by atoms with van der Waals surface area (Å²) in [4.78, 5) is 11.4. The van der Waals surface area contributed by atoms with E-state index >= 15 is 0 Å². The third kappa shape index (κ3) is 3.34. The van der Waals surface area contributed by atoms with Crippen LogP contribution in [-0.4, -0.2) is 11.1 Å². The summed E-state index contributed by atoms with van der Waals surface area (Å²) in [5, 5.41) is 9.36. The van der Waals surface area contributed by atoms with Gasteiger partial charge in [0, 0.05) is 0 Å². The van der Waals surface area contributed by atoms with Crippen LogP contribution in [0, 0.1) is 18.8 Å². The molecule has 0 amide bonds. The lowest BCUT2D eigenvalue weighted by molar-refractivity contribution is -0.143. The Kier molecular flexibility index (Phi) is 4.40. The summed E-state index contributed by atoms with van der Waals surface area (Å²) >= 11 is 0. The van der Waals surface area contributed by atoms with Crippen LogP contribution in [0.2, 0.25) is 0 Å².